The summed E-state index contributed by atoms with van der Waals surface area (Å²) in [4.78, 5) is 49.5. The lowest BCUT2D eigenvalue weighted by Crippen LogP contribution is -2.55. The average Bonchev–Trinajstić information content (AvgIpc) is 2.71. The molecule has 0 aromatic heterocycles. The van der Waals surface area contributed by atoms with Gasteiger partial charge in [0.2, 0.25) is 5.91 Å². The van der Waals surface area contributed by atoms with E-state index in [0.29, 0.717) is 11.4 Å². The van der Waals surface area contributed by atoms with E-state index in [1.165, 1.54) is 12.1 Å². The Kier molecular flexibility index (Phi) is 9.73. The molecule has 1 saturated heterocycles. The quantitative estimate of drug-likeness (QED) is 0.551. The van der Waals surface area contributed by atoms with Crippen molar-refractivity contribution in [2.45, 2.75) is 50.6 Å². The first-order valence-electron chi connectivity index (χ1n) is 10.1. The number of hydrogen-bond acceptors (Lipinski definition) is 7. The highest BCUT2D eigenvalue weighted by atomic mass is 35.5. The van der Waals surface area contributed by atoms with Crippen molar-refractivity contribution in [3.8, 4) is 0 Å². The van der Waals surface area contributed by atoms with Crippen molar-refractivity contribution in [3.63, 3.8) is 0 Å². The molecular formula is C20H25BCl2N2O6S. The van der Waals surface area contributed by atoms with Crippen molar-refractivity contribution in [2.24, 2.45) is 5.92 Å². The Hall–Kier alpha value is -1.91. The summed E-state index contributed by atoms with van der Waals surface area (Å²) in [5.41, 5.74) is 0.133. The molecule has 2 amide bonds. The molecule has 32 heavy (non-hydrogen) atoms. The minimum atomic E-state index is -1.27. The highest BCUT2D eigenvalue weighted by Gasteiger charge is 2.43. The lowest BCUT2D eigenvalue weighted by atomic mass is 9.73. The zero-order chi connectivity index (χ0) is 24.0. The van der Waals surface area contributed by atoms with Gasteiger partial charge in [-0.15, -0.1) is 11.8 Å². The van der Waals surface area contributed by atoms with Gasteiger partial charge in [0.25, 0.3) is 5.91 Å². The second-order valence-electron chi connectivity index (χ2n) is 7.77. The van der Waals surface area contributed by atoms with Gasteiger partial charge in [-0.3, -0.25) is 19.2 Å². The molecule has 1 aliphatic rings. The number of nitrogens with one attached hydrogen (secondary N) is 2. The molecule has 0 aliphatic carbocycles. The highest BCUT2D eigenvalue weighted by molar-refractivity contribution is 8.01. The van der Waals surface area contributed by atoms with Gasteiger partial charge in [0, 0.05) is 5.02 Å². The summed E-state index contributed by atoms with van der Waals surface area (Å²) >= 11 is 13.0. The minimum Gasteiger partial charge on any atom is -0.497 e. The van der Waals surface area contributed by atoms with E-state index in [-0.39, 0.29) is 23.0 Å². The maximum atomic E-state index is 12.5. The van der Waals surface area contributed by atoms with Crippen molar-refractivity contribution in [2.75, 3.05) is 6.54 Å². The first-order chi connectivity index (χ1) is 15.0. The molecule has 0 unspecified atom stereocenters. The molecule has 1 aromatic carbocycles. The van der Waals surface area contributed by atoms with Gasteiger partial charge in [0.05, 0.1) is 33.6 Å². The third-order valence-electron chi connectivity index (χ3n) is 4.52. The lowest BCUT2D eigenvalue weighted by Gasteiger charge is -2.29. The third kappa shape index (κ3) is 7.60. The number of thioether (sulfide) groups is 1. The maximum absolute atomic E-state index is 12.5. The van der Waals surface area contributed by atoms with Crippen molar-refractivity contribution in [1.29, 1.82) is 0 Å². The number of carbonyl (C=O) groups excluding carboxylic acids is 4. The molecule has 1 fully saturated rings. The Morgan fingerprint density at radius 3 is 2.28 bits per heavy atom. The maximum Gasteiger partial charge on any atom is 0.622 e. The predicted molar refractivity (Wildman–Crippen MR) is 125 cm³/mol. The van der Waals surface area contributed by atoms with E-state index < -0.39 is 47.3 Å². The summed E-state index contributed by atoms with van der Waals surface area (Å²) in [6.45, 7) is 6.75. The van der Waals surface area contributed by atoms with Crippen LogP contribution in [0, 0.1) is 5.92 Å². The van der Waals surface area contributed by atoms with E-state index in [4.69, 9.17) is 32.5 Å². The molecule has 8 nitrogen and oxygen atoms in total. The normalized spacial score (nSPS) is 20.0. The predicted octanol–water partition coefficient (Wildman–Crippen LogP) is 2.89. The van der Waals surface area contributed by atoms with Gasteiger partial charge in [0.1, 0.15) is 0 Å². The van der Waals surface area contributed by atoms with E-state index >= 15 is 0 Å². The Morgan fingerprint density at radius 2 is 1.72 bits per heavy atom. The van der Waals surface area contributed by atoms with Gasteiger partial charge in [0.15, 0.2) is 0 Å². The molecule has 0 radical (unpaired) electrons. The van der Waals surface area contributed by atoms with Crippen LogP contribution in [0.4, 0.5) is 0 Å². The lowest BCUT2D eigenvalue weighted by molar-refractivity contribution is -0.141. The molecule has 174 valence electrons. The van der Waals surface area contributed by atoms with E-state index in [0.717, 1.165) is 11.8 Å². The van der Waals surface area contributed by atoms with Crippen LogP contribution in [0.1, 0.15) is 44.5 Å². The largest absolute Gasteiger partial charge is 0.622 e. The SMILES string of the molecule is CC(C)C[C@H](NC(=O)CNC(=O)c1cc(Cl)ccc1Cl)B1OC(=O)[C@@H](C)S[C@H](C)C(=O)O1. The minimum absolute atomic E-state index is 0.0900. The van der Waals surface area contributed by atoms with E-state index in [1.54, 1.807) is 19.9 Å². The molecule has 0 bridgehead atoms. The fourth-order valence-corrected chi connectivity index (χ4v) is 4.28. The van der Waals surface area contributed by atoms with E-state index in [9.17, 15) is 19.2 Å². The van der Waals surface area contributed by atoms with Crippen LogP contribution in [0.15, 0.2) is 18.2 Å². The molecule has 3 atom stereocenters. The van der Waals surface area contributed by atoms with Gasteiger partial charge in [-0.2, -0.15) is 0 Å². The molecule has 2 N–H and O–H groups in total. The number of rotatable bonds is 7. The monoisotopic (exact) mass is 502 g/mol. The molecule has 0 spiro atoms. The van der Waals surface area contributed by atoms with Crippen LogP contribution in [-0.2, 0) is 23.7 Å². The van der Waals surface area contributed by atoms with Gasteiger partial charge in [-0.1, -0.05) is 37.0 Å². The van der Waals surface area contributed by atoms with Gasteiger partial charge < -0.3 is 19.9 Å². The van der Waals surface area contributed by atoms with E-state index in [1.807, 2.05) is 13.8 Å². The van der Waals surface area contributed by atoms with Crippen LogP contribution in [0.3, 0.4) is 0 Å². The highest BCUT2D eigenvalue weighted by Crippen LogP contribution is 2.24. The van der Waals surface area contributed by atoms with Crippen LogP contribution in [-0.4, -0.2) is 53.9 Å². The Labute approximate surface area is 201 Å². The molecule has 1 aliphatic heterocycles. The third-order valence-corrected chi connectivity index (χ3v) is 6.29. The van der Waals surface area contributed by atoms with Gasteiger partial charge in [-0.05, 0) is 44.4 Å². The number of carbonyl (C=O) groups is 4. The van der Waals surface area contributed by atoms with Crippen LogP contribution < -0.4 is 10.6 Å². The van der Waals surface area contributed by atoms with Crippen LogP contribution in [0.5, 0.6) is 0 Å². The van der Waals surface area contributed by atoms with Crippen molar-refractivity contribution in [3.05, 3.63) is 33.8 Å². The molecular weight excluding hydrogens is 478 g/mol. The molecule has 1 aromatic rings. The van der Waals surface area contributed by atoms with Gasteiger partial charge in [-0.25, -0.2) is 0 Å². The second-order valence-corrected chi connectivity index (χ2v) is 10.3. The number of hydrogen-bond donors (Lipinski definition) is 2. The van der Waals surface area contributed by atoms with Crippen molar-refractivity contribution < 1.29 is 28.5 Å². The Morgan fingerprint density at radius 1 is 1.12 bits per heavy atom. The summed E-state index contributed by atoms with van der Waals surface area (Å²) in [7, 11) is -1.27. The van der Waals surface area contributed by atoms with E-state index in [2.05, 4.69) is 10.6 Å². The topological polar surface area (TPSA) is 111 Å². The second kappa shape index (κ2) is 11.8. The first kappa shape index (κ1) is 26.3. The molecule has 12 heteroatoms. The standard InChI is InChI=1S/C20H25BCl2N2O6S/c1-10(2)7-16(21-30-19(28)11(3)32-12(4)20(29)31-21)25-17(26)9-24-18(27)14-8-13(22)5-6-15(14)23/h5-6,8,10-12,16H,7,9H2,1-4H3,(H,24,27)(H,25,26)/t11-,12-,16+/m1/s1. The smallest absolute Gasteiger partial charge is 0.497 e. The summed E-state index contributed by atoms with van der Waals surface area (Å²) in [5.74, 6) is -2.89. The van der Waals surface area contributed by atoms with Crippen molar-refractivity contribution in [1.82, 2.24) is 10.6 Å². The average molecular weight is 503 g/mol. The summed E-state index contributed by atoms with van der Waals surface area (Å²) in [5, 5.41) is 4.57. The zero-order valence-corrected chi connectivity index (χ0v) is 20.5. The summed E-state index contributed by atoms with van der Waals surface area (Å²) < 4.78 is 10.7. The van der Waals surface area contributed by atoms with Crippen LogP contribution in [0.2, 0.25) is 10.0 Å². The number of benzene rings is 1. The van der Waals surface area contributed by atoms with Crippen molar-refractivity contribution >= 4 is 65.8 Å². The molecule has 2 rings (SSSR count). The number of amides is 2. The Bertz CT molecular complexity index is 866. The van der Waals surface area contributed by atoms with Crippen LogP contribution >= 0.6 is 35.0 Å². The summed E-state index contributed by atoms with van der Waals surface area (Å²) in [6, 6.07) is 4.42. The molecule has 1 heterocycles. The summed E-state index contributed by atoms with van der Waals surface area (Å²) in [6.07, 6.45) is 0.376. The fraction of sp³-hybridized carbons (Fsp3) is 0.500. The van der Waals surface area contributed by atoms with Gasteiger partial charge >= 0.3 is 19.1 Å². The number of halogens is 2. The fourth-order valence-electron chi connectivity index (χ4n) is 2.96. The first-order valence-corrected chi connectivity index (χ1v) is 11.8. The Balaban J connectivity index is 2.07. The molecule has 0 saturated carbocycles. The van der Waals surface area contributed by atoms with Crippen LogP contribution in [0.25, 0.3) is 0 Å². The zero-order valence-electron chi connectivity index (χ0n) is 18.1.